The van der Waals surface area contributed by atoms with Gasteiger partial charge in [-0.3, -0.25) is 4.68 Å². The van der Waals surface area contributed by atoms with Crippen molar-refractivity contribution in [2.75, 3.05) is 6.61 Å². The molecule has 1 heterocycles. The molecular formula is C10H13F3N2O2. The minimum absolute atomic E-state index is 0.183. The number of halogens is 3. The van der Waals surface area contributed by atoms with Gasteiger partial charge >= 0.3 is 12.1 Å². The Labute approximate surface area is 96.4 Å². The van der Waals surface area contributed by atoms with Gasteiger partial charge in [-0.1, -0.05) is 6.92 Å². The monoisotopic (exact) mass is 250 g/mol. The van der Waals surface area contributed by atoms with E-state index in [1.54, 1.807) is 13.8 Å². The largest absolute Gasteiger partial charge is 0.464 e. The first-order valence-corrected chi connectivity index (χ1v) is 5.18. The highest BCUT2D eigenvalue weighted by atomic mass is 19.4. The smallest absolute Gasteiger partial charge is 0.419 e. The van der Waals surface area contributed by atoms with E-state index in [-0.39, 0.29) is 6.61 Å². The van der Waals surface area contributed by atoms with Crippen molar-refractivity contribution in [1.82, 2.24) is 9.78 Å². The summed E-state index contributed by atoms with van der Waals surface area (Å²) in [4.78, 5) is 11.5. The molecule has 1 unspecified atom stereocenters. The first-order valence-electron chi connectivity index (χ1n) is 5.18. The summed E-state index contributed by atoms with van der Waals surface area (Å²) < 4.78 is 42.8. The third-order valence-electron chi connectivity index (χ3n) is 2.19. The number of hydrogen-bond acceptors (Lipinski definition) is 3. The van der Waals surface area contributed by atoms with Crippen LogP contribution in [0.2, 0.25) is 0 Å². The highest BCUT2D eigenvalue weighted by Gasteiger charge is 2.33. The zero-order chi connectivity index (χ0) is 13.1. The van der Waals surface area contributed by atoms with Crippen LogP contribution in [0.15, 0.2) is 12.4 Å². The lowest BCUT2D eigenvalue weighted by Gasteiger charge is -2.13. The molecular weight excluding hydrogens is 237 g/mol. The van der Waals surface area contributed by atoms with E-state index in [0.717, 1.165) is 10.9 Å². The van der Waals surface area contributed by atoms with Crippen molar-refractivity contribution in [3.8, 4) is 0 Å². The van der Waals surface area contributed by atoms with E-state index >= 15 is 0 Å². The fraction of sp³-hybridized carbons (Fsp3) is 0.600. The molecule has 0 aliphatic heterocycles. The number of alkyl halides is 3. The molecule has 0 spiro atoms. The lowest BCUT2D eigenvalue weighted by Crippen LogP contribution is -2.21. The number of aromatic nitrogens is 2. The highest BCUT2D eigenvalue weighted by molar-refractivity contribution is 5.74. The van der Waals surface area contributed by atoms with Crippen molar-refractivity contribution in [1.29, 1.82) is 0 Å². The van der Waals surface area contributed by atoms with Gasteiger partial charge in [-0.25, -0.2) is 4.79 Å². The van der Waals surface area contributed by atoms with Gasteiger partial charge in [0.1, 0.15) is 6.04 Å². The van der Waals surface area contributed by atoms with Crippen LogP contribution in [-0.2, 0) is 15.7 Å². The van der Waals surface area contributed by atoms with Gasteiger partial charge < -0.3 is 4.74 Å². The molecule has 1 rings (SSSR count). The summed E-state index contributed by atoms with van der Waals surface area (Å²) in [7, 11) is 0. The minimum atomic E-state index is -4.45. The molecule has 0 saturated heterocycles. The van der Waals surface area contributed by atoms with Gasteiger partial charge in [0.25, 0.3) is 0 Å². The Kier molecular flexibility index (Phi) is 4.14. The number of carbonyl (C=O) groups excluding carboxylic acids is 1. The van der Waals surface area contributed by atoms with Crippen LogP contribution >= 0.6 is 0 Å². The first kappa shape index (κ1) is 13.5. The topological polar surface area (TPSA) is 44.1 Å². The van der Waals surface area contributed by atoms with Crippen molar-refractivity contribution in [3.05, 3.63) is 18.0 Å². The van der Waals surface area contributed by atoms with Gasteiger partial charge in [0.15, 0.2) is 0 Å². The lowest BCUT2D eigenvalue weighted by atomic mass is 10.2. The summed E-state index contributed by atoms with van der Waals surface area (Å²) in [6.07, 6.45) is -2.63. The summed E-state index contributed by atoms with van der Waals surface area (Å²) in [6, 6.07) is -0.814. The maximum absolute atomic E-state index is 12.3. The Hall–Kier alpha value is -1.53. The second-order valence-electron chi connectivity index (χ2n) is 3.38. The molecule has 0 aliphatic carbocycles. The van der Waals surface area contributed by atoms with E-state index in [4.69, 9.17) is 4.74 Å². The van der Waals surface area contributed by atoms with Crippen LogP contribution in [0.25, 0.3) is 0 Å². The molecule has 0 aromatic carbocycles. The van der Waals surface area contributed by atoms with Crippen molar-refractivity contribution in [2.45, 2.75) is 32.5 Å². The second kappa shape index (κ2) is 5.20. The lowest BCUT2D eigenvalue weighted by molar-refractivity contribution is -0.148. The Bertz CT molecular complexity index is 387. The molecule has 4 nitrogen and oxygen atoms in total. The molecule has 0 N–H and O–H groups in total. The SMILES string of the molecule is CCOC(=O)C(CC)n1cc(C(F)(F)F)cn1. The normalized spacial score (nSPS) is 13.5. The van der Waals surface area contributed by atoms with Crippen molar-refractivity contribution in [3.63, 3.8) is 0 Å². The van der Waals surface area contributed by atoms with E-state index < -0.39 is 23.8 Å². The fourth-order valence-electron chi connectivity index (χ4n) is 1.36. The summed E-state index contributed by atoms with van der Waals surface area (Å²) in [6.45, 7) is 3.49. The number of esters is 1. The van der Waals surface area contributed by atoms with Crippen LogP contribution in [0, 0.1) is 0 Å². The van der Waals surface area contributed by atoms with Gasteiger partial charge in [-0.2, -0.15) is 18.3 Å². The van der Waals surface area contributed by atoms with Gasteiger partial charge in [-0.15, -0.1) is 0 Å². The van der Waals surface area contributed by atoms with Gasteiger partial charge in [0.2, 0.25) is 0 Å². The van der Waals surface area contributed by atoms with E-state index in [1.165, 1.54) is 0 Å². The van der Waals surface area contributed by atoms with Crippen molar-refractivity contribution < 1.29 is 22.7 Å². The predicted octanol–water partition coefficient (Wildman–Crippen LogP) is 2.42. The highest BCUT2D eigenvalue weighted by Crippen LogP contribution is 2.29. The second-order valence-corrected chi connectivity index (χ2v) is 3.38. The maximum Gasteiger partial charge on any atom is 0.419 e. The number of rotatable bonds is 4. The molecule has 96 valence electrons. The number of nitrogens with zero attached hydrogens (tertiary/aromatic N) is 2. The number of carbonyl (C=O) groups is 1. The Morgan fingerprint density at radius 3 is 2.59 bits per heavy atom. The molecule has 0 saturated carbocycles. The Morgan fingerprint density at radius 2 is 2.18 bits per heavy atom. The van der Waals surface area contributed by atoms with Crippen LogP contribution in [0.5, 0.6) is 0 Å². The molecule has 0 fully saturated rings. The average molecular weight is 250 g/mol. The summed E-state index contributed by atoms with van der Waals surface area (Å²) >= 11 is 0. The van der Waals surface area contributed by atoms with Crippen molar-refractivity contribution in [2.24, 2.45) is 0 Å². The Balaban J connectivity index is 2.90. The van der Waals surface area contributed by atoms with E-state index in [2.05, 4.69) is 5.10 Å². The quantitative estimate of drug-likeness (QED) is 0.771. The number of hydrogen-bond donors (Lipinski definition) is 0. The predicted molar refractivity (Wildman–Crippen MR) is 53.2 cm³/mol. The zero-order valence-electron chi connectivity index (χ0n) is 9.49. The molecule has 1 aromatic rings. The fourth-order valence-corrected chi connectivity index (χ4v) is 1.36. The van der Waals surface area contributed by atoms with Crippen LogP contribution in [0.3, 0.4) is 0 Å². The molecule has 1 aromatic heterocycles. The summed E-state index contributed by atoms with van der Waals surface area (Å²) in [5.41, 5.74) is -0.875. The van der Waals surface area contributed by atoms with Crippen LogP contribution in [0.4, 0.5) is 13.2 Å². The first-order chi connectivity index (χ1) is 7.90. The van der Waals surface area contributed by atoms with E-state index in [0.29, 0.717) is 12.6 Å². The van der Waals surface area contributed by atoms with Crippen molar-refractivity contribution >= 4 is 5.97 Å². The van der Waals surface area contributed by atoms with Crippen LogP contribution in [0.1, 0.15) is 31.9 Å². The number of ether oxygens (including phenoxy) is 1. The molecule has 7 heteroatoms. The maximum atomic E-state index is 12.3. The van der Waals surface area contributed by atoms with E-state index in [9.17, 15) is 18.0 Å². The molecule has 0 amide bonds. The minimum Gasteiger partial charge on any atom is -0.464 e. The van der Waals surface area contributed by atoms with Gasteiger partial charge in [0, 0.05) is 6.20 Å². The van der Waals surface area contributed by atoms with Gasteiger partial charge in [0.05, 0.1) is 18.4 Å². The zero-order valence-corrected chi connectivity index (χ0v) is 9.49. The standard InChI is InChI=1S/C10H13F3N2O2/c1-3-8(9(16)17-4-2)15-6-7(5-14-15)10(11,12)13/h5-6,8H,3-4H2,1-2H3. The molecule has 0 aliphatic rings. The molecule has 0 radical (unpaired) electrons. The summed E-state index contributed by atoms with van der Waals surface area (Å²) in [5, 5.41) is 3.55. The van der Waals surface area contributed by atoms with Crippen LogP contribution in [-0.4, -0.2) is 22.4 Å². The third kappa shape index (κ3) is 3.21. The van der Waals surface area contributed by atoms with E-state index in [1.807, 2.05) is 0 Å². The molecule has 17 heavy (non-hydrogen) atoms. The van der Waals surface area contributed by atoms with Gasteiger partial charge in [-0.05, 0) is 13.3 Å². The molecule has 1 atom stereocenters. The Morgan fingerprint density at radius 1 is 1.53 bits per heavy atom. The molecule has 0 bridgehead atoms. The van der Waals surface area contributed by atoms with Crippen LogP contribution < -0.4 is 0 Å². The third-order valence-corrected chi connectivity index (χ3v) is 2.19. The summed E-state index contributed by atoms with van der Waals surface area (Å²) in [5.74, 6) is -0.577. The average Bonchev–Trinajstić information content (AvgIpc) is 2.68.